The minimum absolute atomic E-state index is 0.0422. The van der Waals surface area contributed by atoms with E-state index in [0.717, 1.165) is 31.9 Å². The molecule has 3 unspecified atom stereocenters. The quantitative estimate of drug-likeness (QED) is 0.348. The van der Waals surface area contributed by atoms with Gasteiger partial charge in [0.05, 0.1) is 36.0 Å². The lowest BCUT2D eigenvalue weighted by Crippen LogP contribution is -2.36. The van der Waals surface area contributed by atoms with E-state index in [-0.39, 0.29) is 42.6 Å². The fraction of sp³-hybridized carbons (Fsp3) is 0.586. The highest BCUT2D eigenvalue weighted by Gasteiger charge is 2.44. The molecule has 2 N–H and O–H groups in total. The maximum absolute atomic E-state index is 16.2. The lowest BCUT2D eigenvalue weighted by molar-refractivity contribution is -0.147. The van der Waals surface area contributed by atoms with Gasteiger partial charge in [-0.15, -0.1) is 0 Å². The summed E-state index contributed by atoms with van der Waals surface area (Å²) in [5, 5.41) is 7.03. The summed E-state index contributed by atoms with van der Waals surface area (Å²) >= 11 is 0. The minimum atomic E-state index is -3.61. The monoisotopic (exact) mass is 603 g/mol. The summed E-state index contributed by atoms with van der Waals surface area (Å²) in [7, 11) is -3.61. The Morgan fingerprint density at radius 3 is 2.62 bits per heavy atom. The molecule has 11 nitrogen and oxygen atoms in total. The summed E-state index contributed by atoms with van der Waals surface area (Å²) in [5.41, 5.74) is 1.64. The van der Waals surface area contributed by atoms with Crippen LogP contribution >= 0.6 is 0 Å². The highest BCUT2D eigenvalue weighted by Crippen LogP contribution is 2.40. The largest absolute Gasteiger partial charge is 0.466 e. The minimum Gasteiger partial charge on any atom is -0.466 e. The summed E-state index contributed by atoms with van der Waals surface area (Å²) in [4.78, 5) is 34.0. The standard InChI is InChI=1S/C29H38FN5O6S/c1-5-22-21(15-41-34-22)28(36)33-25(17-9-7-16(3)8-10-17)27-31-23-12-11-18(24(30)26(23)32-27)19-13-35(42(4,38)39)14-20(19)29(37)40-6-2/h11-12,15-17,19-20,25H,5-10,13-14H2,1-4H3,(H,31,32)(H,33,36). The fourth-order valence-corrected chi connectivity index (χ4v) is 7.16. The molecular formula is C29H38FN5O6S. The Labute approximate surface area is 244 Å². The summed E-state index contributed by atoms with van der Waals surface area (Å²) < 4.78 is 52.3. The number of benzene rings is 1. The Balaban J connectivity index is 1.51. The van der Waals surface area contributed by atoms with Crippen LogP contribution in [0.4, 0.5) is 4.39 Å². The van der Waals surface area contributed by atoms with Gasteiger partial charge in [-0.25, -0.2) is 22.1 Å². The first-order valence-electron chi connectivity index (χ1n) is 14.6. The van der Waals surface area contributed by atoms with Crippen LogP contribution in [0.2, 0.25) is 0 Å². The lowest BCUT2D eigenvalue weighted by Gasteiger charge is -2.32. The normalized spacial score (nSPS) is 24.1. The van der Waals surface area contributed by atoms with Gasteiger partial charge < -0.3 is 19.6 Å². The van der Waals surface area contributed by atoms with Crippen molar-refractivity contribution in [3.05, 3.63) is 46.9 Å². The molecule has 1 saturated heterocycles. The number of aromatic amines is 1. The van der Waals surface area contributed by atoms with Crippen molar-refractivity contribution >= 4 is 32.9 Å². The van der Waals surface area contributed by atoms with Gasteiger partial charge in [0.2, 0.25) is 10.0 Å². The number of nitrogens with zero attached hydrogens (tertiary/aromatic N) is 3. The molecule has 13 heteroatoms. The van der Waals surface area contributed by atoms with Gasteiger partial charge in [-0.2, -0.15) is 0 Å². The van der Waals surface area contributed by atoms with E-state index in [2.05, 4.69) is 27.4 Å². The van der Waals surface area contributed by atoms with E-state index in [1.807, 2.05) is 6.92 Å². The molecule has 2 aliphatic rings. The van der Waals surface area contributed by atoms with E-state index in [9.17, 15) is 18.0 Å². The van der Waals surface area contributed by atoms with Crippen molar-refractivity contribution in [3.63, 3.8) is 0 Å². The van der Waals surface area contributed by atoms with Gasteiger partial charge >= 0.3 is 5.97 Å². The van der Waals surface area contributed by atoms with Crippen LogP contribution in [0.1, 0.15) is 85.9 Å². The van der Waals surface area contributed by atoms with Crippen LogP contribution < -0.4 is 5.32 Å². The van der Waals surface area contributed by atoms with E-state index < -0.39 is 39.7 Å². The zero-order chi connectivity index (χ0) is 30.2. The van der Waals surface area contributed by atoms with Gasteiger partial charge in [0.15, 0.2) is 5.82 Å². The number of H-pyrrole nitrogens is 1. The first-order chi connectivity index (χ1) is 20.0. The molecule has 2 aromatic heterocycles. The summed E-state index contributed by atoms with van der Waals surface area (Å²) in [6.45, 7) is 5.78. The van der Waals surface area contributed by atoms with Gasteiger partial charge in [0, 0.05) is 19.0 Å². The molecule has 5 rings (SSSR count). The number of esters is 1. The second kappa shape index (κ2) is 12.1. The third-order valence-electron chi connectivity index (χ3n) is 8.72. The van der Waals surface area contributed by atoms with Crippen LogP contribution in [0.5, 0.6) is 0 Å². The maximum Gasteiger partial charge on any atom is 0.310 e. The van der Waals surface area contributed by atoms with Crippen molar-refractivity contribution in [1.29, 1.82) is 0 Å². The summed E-state index contributed by atoms with van der Waals surface area (Å²) in [6.07, 6.45) is 6.72. The van der Waals surface area contributed by atoms with Gasteiger partial charge in [-0.05, 0) is 49.7 Å². The number of imidazole rings is 1. The summed E-state index contributed by atoms with van der Waals surface area (Å²) in [6, 6.07) is 2.76. The van der Waals surface area contributed by atoms with Crippen LogP contribution in [0.15, 0.2) is 22.9 Å². The number of hydrogen-bond donors (Lipinski definition) is 2. The summed E-state index contributed by atoms with van der Waals surface area (Å²) in [5.74, 6) is -1.99. The van der Waals surface area contributed by atoms with Crippen molar-refractivity contribution < 1.29 is 31.7 Å². The number of rotatable bonds is 9. The van der Waals surface area contributed by atoms with Crippen LogP contribution in [0, 0.1) is 23.6 Å². The number of carbonyl (C=O) groups is 2. The molecule has 3 atom stereocenters. The van der Waals surface area contributed by atoms with Crippen LogP contribution in [-0.4, -0.2) is 65.7 Å². The van der Waals surface area contributed by atoms with E-state index in [0.29, 0.717) is 34.9 Å². The molecule has 0 radical (unpaired) electrons. The van der Waals surface area contributed by atoms with E-state index in [1.165, 1.54) is 10.6 Å². The maximum atomic E-state index is 16.2. The predicted molar refractivity (Wildman–Crippen MR) is 153 cm³/mol. The van der Waals surface area contributed by atoms with Crippen molar-refractivity contribution in [1.82, 2.24) is 24.7 Å². The van der Waals surface area contributed by atoms with E-state index in [1.54, 1.807) is 19.1 Å². The smallest absolute Gasteiger partial charge is 0.310 e. The van der Waals surface area contributed by atoms with Crippen LogP contribution in [0.25, 0.3) is 11.0 Å². The number of nitrogens with one attached hydrogen (secondary N) is 2. The Morgan fingerprint density at radius 2 is 1.95 bits per heavy atom. The molecule has 1 aromatic carbocycles. The average molecular weight is 604 g/mol. The first kappa shape index (κ1) is 30.1. The van der Waals surface area contributed by atoms with Gasteiger partial charge in [-0.3, -0.25) is 9.59 Å². The van der Waals surface area contributed by atoms with Gasteiger partial charge in [0.25, 0.3) is 5.91 Å². The Hall–Kier alpha value is -3.32. The molecule has 228 valence electrons. The van der Waals surface area contributed by atoms with Crippen molar-refractivity contribution in [3.8, 4) is 0 Å². The molecule has 3 heterocycles. The molecule has 1 amide bonds. The third-order valence-corrected chi connectivity index (χ3v) is 9.96. The lowest BCUT2D eigenvalue weighted by atomic mass is 9.79. The molecule has 42 heavy (non-hydrogen) atoms. The number of halogens is 1. The molecular weight excluding hydrogens is 565 g/mol. The van der Waals surface area contributed by atoms with Crippen molar-refractivity contribution in [2.24, 2.45) is 17.8 Å². The molecule has 0 spiro atoms. The fourth-order valence-electron chi connectivity index (χ4n) is 6.30. The molecule has 1 aliphatic heterocycles. The number of sulfonamides is 1. The van der Waals surface area contributed by atoms with Crippen molar-refractivity contribution in [2.75, 3.05) is 26.0 Å². The number of ether oxygens (including phenoxy) is 1. The van der Waals surface area contributed by atoms with Crippen LogP contribution in [0.3, 0.4) is 0 Å². The molecule has 2 fully saturated rings. The number of fused-ring (bicyclic) bond motifs is 1. The zero-order valence-electron chi connectivity index (χ0n) is 24.4. The predicted octanol–water partition coefficient (Wildman–Crippen LogP) is 4.09. The molecule has 1 aliphatic carbocycles. The highest BCUT2D eigenvalue weighted by atomic mass is 32.2. The topological polar surface area (TPSA) is 147 Å². The van der Waals surface area contributed by atoms with E-state index in [4.69, 9.17) is 9.26 Å². The zero-order valence-corrected chi connectivity index (χ0v) is 25.2. The second-order valence-corrected chi connectivity index (χ2v) is 13.5. The number of hydrogen-bond acceptors (Lipinski definition) is 8. The number of carbonyl (C=O) groups excluding carboxylic acids is 2. The second-order valence-electron chi connectivity index (χ2n) is 11.5. The third kappa shape index (κ3) is 5.94. The van der Waals surface area contributed by atoms with Gasteiger partial charge in [0.1, 0.15) is 23.2 Å². The molecule has 3 aromatic rings. The Kier molecular flexibility index (Phi) is 8.70. The first-order valence-corrected chi connectivity index (χ1v) is 16.4. The molecule has 1 saturated carbocycles. The van der Waals surface area contributed by atoms with Crippen LogP contribution in [-0.2, 0) is 26.0 Å². The van der Waals surface area contributed by atoms with Crippen molar-refractivity contribution in [2.45, 2.75) is 64.8 Å². The Bertz CT molecular complexity index is 1560. The molecule has 0 bridgehead atoms. The van der Waals surface area contributed by atoms with Gasteiger partial charge in [-0.1, -0.05) is 37.9 Å². The van der Waals surface area contributed by atoms with E-state index >= 15 is 4.39 Å². The number of aromatic nitrogens is 3. The number of aryl methyl sites for hydroxylation is 1. The highest BCUT2D eigenvalue weighted by molar-refractivity contribution is 7.88. The number of amides is 1. The Morgan fingerprint density at radius 1 is 1.21 bits per heavy atom. The average Bonchev–Trinajstić information content (AvgIpc) is 3.71. The SMILES string of the molecule is CCOC(=O)C1CN(S(C)(=O)=O)CC1c1ccc2[nH]c(C(NC(=O)c3conc3CC)C3CCC(C)CC3)nc2c1F.